The second-order valence-electron chi connectivity index (χ2n) is 2.24. The summed E-state index contributed by atoms with van der Waals surface area (Å²) in [6.45, 7) is 0. The minimum Gasteiger partial charge on any atom is -0.262 e. The molecular formula is C8H6Br2N2. The van der Waals surface area contributed by atoms with Gasteiger partial charge in [0.1, 0.15) is 0 Å². The fourth-order valence-electron chi connectivity index (χ4n) is 0.858. The molecule has 1 aromatic heterocycles. The number of halogens is 2. The van der Waals surface area contributed by atoms with E-state index in [1.54, 1.807) is 12.4 Å². The zero-order valence-corrected chi connectivity index (χ0v) is 9.39. The smallest absolute Gasteiger partial charge is 0.0625 e. The zero-order valence-electron chi connectivity index (χ0n) is 6.22. The van der Waals surface area contributed by atoms with Crippen molar-refractivity contribution in [3.63, 3.8) is 0 Å². The van der Waals surface area contributed by atoms with Gasteiger partial charge >= 0.3 is 0 Å². The van der Waals surface area contributed by atoms with Crippen LogP contribution in [-0.2, 0) is 6.42 Å². The van der Waals surface area contributed by atoms with Crippen molar-refractivity contribution in [1.29, 1.82) is 5.26 Å². The molecule has 0 atom stereocenters. The van der Waals surface area contributed by atoms with E-state index in [0.29, 0.717) is 6.42 Å². The van der Waals surface area contributed by atoms with Crippen LogP contribution in [0.25, 0.3) is 0 Å². The molecule has 2 nitrogen and oxygen atoms in total. The van der Waals surface area contributed by atoms with Gasteiger partial charge in [0.25, 0.3) is 0 Å². The first-order valence-electron chi connectivity index (χ1n) is 3.40. The molecule has 0 aromatic carbocycles. The molecular weight excluding hydrogens is 284 g/mol. The van der Waals surface area contributed by atoms with Gasteiger partial charge in [-0.2, -0.15) is 5.26 Å². The molecule has 4 heteroatoms. The highest BCUT2D eigenvalue weighted by Gasteiger charge is 2.03. The largest absolute Gasteiger partial charge is 0.262 e. The van der Waals surface area contributed by atoms with Gasteiger partial charge in [-0.25, -0.2) is 0 Å². The second kappa shape index (κ2) is 4.58. The van der Waals surface area contributed by atoms with Crippen LogP contribution in [0.5, 0.6) is 0 Å². The molecule has 0 aliphatic heterocycles. The molecule has 1 aromatic rings. The Morgan fingerprint density at radius 1 is 1.33 bits per heavy atom. The van der Waals surface area contributed by atoms with Gasteiger partial charge in [0.05, 0.1) is 6.07 Å². The van der Waals surface area contributed by atoms with Crippen LogP contribution in [0.3, 0.4) is 0 Å². The van der Waals surface area contributed by atoms with Crippen molar-refractivity contribution >= 4 is 31.9 Å². The first-order valence-corrected chi connectivity index (χ1v) is 4.99. The molecule has 0 radical (unpaired) electrons. The van der Waals surface area contributed by atoms with Gasteiger partial charge in [0.15, 0.2) is 0 Å². The van der Waals surface area contributed by atoms with Gasteiger partial charge in [-0.1, -0.05) is 0 Å². The van der Waals surface area contributed by atoms with Gasteiger partial charge in [0, 0.05) is 27.8 Å². The number of rotatable bonds is 2. The van der Waals surface area contributed by atoms with E-state index < -0.39 is 0 Å². The molecule has 0 bridgehead atoms. The number of hydrogen-bond acceptors (Lipinski definition) is 2. The third-order valence-electron chi connectivity index (χ3n) is 1.44. The fraction of sp³-hybridized carbons (Fsp3) is 0.250. The number of nitrogens with zero attached hydrogens (tertiary/aromatic N) is 2. The molecule has 12 heavy (non-hydrogen) atoms. The summed E-state index contributed by atoms with van der Waals surface area (Å²) in [5.74, 6) is 0. The van der Waals surface area contributed by atoms with Crippen molar-refractivity contribution in [2.45, 2.75) is 12.8 Å². The Labute approximate surface area is 87.9 Å². The minimum atomic E-state index is 0.529. The van der Waals surface area contributed by atoms with Crippen molar-refractivity contribution in [3.8, 4) is 6.07 Å². The SMILES string of the molecule is N#CCCc1c(Br)cncc1Br. The first kappa shape index (κ1) is 9.69. The normalized spacial score (nSPS) is 9.42. The summed E-state index contributed by atoms with van der Waals surface area (Å²) >= 11 is 6.75. The number of hydrogen-bond donors (Lipinski definition) is 0. The summed E-state index contributed by atoms with van der Waals surface area (Å²) in [7, 11) is 0. The van der Waals surface area contributed by atoms with Crippen LogP contribution >= 0.6 is 31.9 Å². The molecule has 62 valence electrons. The van der Waals surface area contributed by atoms with E-state index >= 15 is 0 Å². The molecule has 0 fully saturated rings. The molecule has 1 rings (SSSR count). The Kier molecular flexibility index (Phi) is 3.70. The first-order chi connectivity index (χ1) is 5.75. The Bertz CT molecular complexity index is 297. The standard InChI is InChI=1S/C8H6Br2N2/c9-7-4-12-5-8(10)6(7)2-1-3-11/h4-5H,1-2H2. The highest BCUT2D eigenvalue weighted by molar-refractivity contribution is 9.11. The summed E-state index contributed by atoms with van der Waals surface area (Å²) in [4.78, 5) is 3.98. The third kappa shape index (κ3) is 2.29. The van der Waals surface area contributed by atoms with Crippen LogP contribution in [0.1, 0.15) is 12.0 Å². The third-order valence-corrected chi connectivity index (χ3v) is 2.81. The van der Waals surface area contributed by atoms with Crippen molar-refractivity contribution < 1.29 is 0 Å². The average molecular weight is 290 g/mol. The lowest BCUT2D eigenvalue weighted by atomic mass is 10.1. The number of pyridine rings is 1. The molecule has 0 amide bonds. The Hall–Kier alpha value is -0.400. The predicted octanol–water partition coefficient (Wildman–Crippen LogP) is 3.06. The second-order valence-corrected chi connectivity index (χ2v) is 3.95. The molecule has 0 unspecified atom stereocenters. The Morgan fingerprint density at radius 3 is 2.42 bits per heavy atom. The van der Waals surface area contributed by atoms with E-state index in [2.05, 4.69) is 42.9 Å². The lowest BCUT2D eigenvalue weighted by Crippen LogP contribution is -1.89. The van der Waals surface area contributed by atoms with Crippen molar-refractivity contribution in [2.75, 3.05) is 0 Å². The van der Waals surface area contributed by atoms with Gasteiger partial charge in [-0.15, -0.1) is 0 Å². The van der Waals surface area contributed by atoms with E-state index in [1.165, 1.54) is 0 Å². The van der Waals surface area contributed by atoms with Crippen LogP contribution in [0.15, 0.2) is 21.3 Å². The van der Waals surface area contributed by atoms with Crippen molar-refractivity contribution in [2.24, 2.45) is 0 Å². The van der Waals surface area contributed by atoms with Crippen molar-refractivity contribution in [1.82, 2.24) is 4.98 Å². The molecule has 0 saturated heterocycles. The van der Waals surface area contributed by atoms with E-state index in [0.717, 1.165) is 20.9 Å². The molecule has 0 N–H and O–H groups in total. The van der Waals surface area contributed by atoms with Crippen LogP contribution in [-0.4, -0.2) is 4.98 Å². The maximum Gasteiger partial charge on any atom is 0.0625 e. The molecule has 0 aliphatic carbocycles. The highest BCUT2D eigenvalue weighted by Crippen LogP contribution is 2.24. The van der Waals surface area contributed by atoms with Gasteiger partial charge in [0.2, 0.25) is 0 Å². The van der Waals surface area contributed by atoms with E-state index in [1.807, 2.05) is 0 Å². The fourth-order valence-corrected chi connectivity index (χ4v) is 2.18. The van der Waals surface area contributed by atoms with Crippen LogP contribution < -0.4 is 0 Å². The highest BCUT2D eigenvalue weighted by atomic mass is 79.9. The van der Waals surface area contributed by atoms with Gasteiger partial charge in [-0.05, 0) is 43.8 Å². The zero-order chi connectivity index (χ0) is 8.97. The van der Waals surface area contributed by atoms with Gasteiger partial charge < -0.3 is 0 Å². The number of aromatic nitrogens is 1. The summed E-state index contributed by atoms with van der Waals surface area (Å²) in [5.41, 5.74) is 1.10. The molecule has 0 aliphatic rings. The van der Waals surface area contributed by atoms with Gasteiger partial charge in [-0.3, -0.25) is 4.98 Å². The van der Waals surface area contributed by atoms with Crippen LogP contribution in [0.4, 0.5) is 0 Å². The number of nitriles is 1. The Balaban J connectivity index is 2.90. The summed E-state index contributed by atoms with van der Waals surface area (Å²) in [6.07, 6.45) is 4.75. The predicted molar refractivity (Wildman–Crippen MR) is 53.6 cm³/mol. The van der Waals surface area contributed by atoms with Crippen LogP contribution in [0.2, 0.25) is 0 Å². The van der Waals surface area contributed by atoms with Crippen molar-refractivity contribution in [3.05, 3.63) is 26.9 Å². The quantitative estimate of drug-likeness (QED) is 0.839. The Morgan fingerprint density at radius 2 is 1.92 bits per heavy atom. The summed E-state index contributed by atoms with van der Waals surface area (Å²) in [6, 6.07) is 2.11. The maximum atomic E-state index is 8.41. The average Bonchev–Trinajstić information content (AvgIpc) is 2.04. The molecule has 1 heterocycles. The van der Waals surface area contributed by atoms with Crippen LogP contribution in [0, 0.1) is 11.3 Å². The molecule has 0 saturated carbocycles. The van der Waals surface area contributed by atoms with E-state index in [9.17, 15) is 0 Å². The minimum absolute atomic E-state index is 0.529. The maximum absolute atomic E-state index is 8.41. The lowest BCUT2D eigenvalue weighted by molar-refractivity contribution is 0.986. The lowest BCUT2D eigenvalue weighted by Gasteiger charge is -2.02. The topological polar surface area (TPSA) is 36.7 Å². The summed E-state index contributed by atoms with van der Waals surface area (Å²) < 4.78 is 1.90. The molecule has 0 spiro atoms. The summed E-state index contributed by atoms with van der Waals surface area (Å²) in [5, 5.41) is 8.41. The van der Waals surface area contributed by atoms with E-state index in [4.69, 9.17) is 5.26 Å². The van der Waals surface area contributed by atoms with E-state index in [-0.39, 0.29) is 0 Å². The monoisotopic (exact) mass is 288 g/mol.